The van der Waals surface area contributed by atoms with Crippen LogP contribution in [0.4, 0.5) is 4.39 Å². The van der Waals surface area contributed by atoms with E-state index in [4.69, 9.17) is 9.72 Å². The van der Waals surface area contributed by atoms with E-state index in [-0.39, 0.29) is 16.9 Å². The molecule has 0 spiro atoms. The maximum absolute atomic E-state index is 13.3. The lowest BCUT2D eigenvalue weighted by atomic mass is 9.97. The van der Waals surface area contributed by atoms with E-state index < -0.39 is 17.6 Å². The molecule has 0 aliphatic heterocycles. The predicted molar refractivity (Wildman–Crippen MR) is 125 cm³/mol. The van der Waals surface area contributed by atoms with Crippen LogP contribution < -0.4 is 16.4 Å². The van der Waals surface area contributed by atoms with Gasteiger partial charge in [-0.05, 0) is 55.5 Å². The highest BCUT2D eigenvalue weighted by Gasteiger charge is 2.22. The van der Waals surface area contributed by atoms with Crippen LogP contribution in [-0.4, -0.2) is 40.8 Å². The van der Waals surface area contributed by atoms with Crippen molar-refractivity contribution in [3.63, 3.8) is 0 Å². The largest absolute Gasteiger partial charge is 0.383 e. The summed E-state index contributed by atoms with van der Waals surface area (Å²) in [5.74, 6) is -1.54. The molecule has 4 rings (SSSR count). The number of hydrogen-bond donors (Lipinski definition) is 2. The average Bonchev–Trinajstić information content (AvgIpc) is 3.19. The molecule has 11 heteroatoms. The summed E-state index contributed by atoms with van der Waals surface area (Å²) >= 11 is 2.67. The Bertz CT molecular complexity index is 1240. The molecule has 0 radical (unpaired) electrons. The number of thiophene rings is 1. The van der Waals surface area contributed by atoms with Crippen LogP contribution in [0.1, 0.15) is 33.6 Å². The number of hydrazine groups is 1. The number of carbonyl (C=O) groups is 2. The lowest BCUT2D eigenvalue weighted by molar-refractivity contribution is -0.119. The second kappa shape index (κ2) is 10.4. The van der Waals surface area contributed by atoms with Crippen LogP contribution in [0.3, 0.4) is 0 Å². The highest BCUT2D eigenvalue weighted by Crippen LogP contribution is 2.34. The second-order valence-corrected chi connectivity index (χ2v) is 9.56. The van der Waals surface area contributed by atoms with Crippen LogP contribution in [0.5, 0.6) is 0 Å². The van der Waals surface area contributed by atoms with Gasteiger partial charge in [-0.2, -0.15) is 0 Å². The molecular weight excluding hydrogens is 467 g/mol. The van der Waals surface area contributed by atoms with Crippen molar-refractivity contribution in [3.8, 4) is 0 Å². The zero-order chi connectivity index (χ0) is 23.4. The number of ether oxygens (including phenoxy) is 1. The fourth-order valence-electron chi connectivity index (χ4n) is 3.68. The van der Waals surface area contributed by atoms with Gasteiger partial charge in [0.2, 0.25) is 5.91 Å². The minimum absolute atomic E-state index is 0.0558. The van der Waals surface area contributed by atoms with Crippen molar-refractivity contribution in [1.29, 1.82) is 0 Å². The Hall–Kier alpha value is -2.76. The number of carbonyl (C=O) groups excluding carboxylic acids is 2. The van der Waals surface area contributed by atoms with Crippen molar-refractivity contribution < 1.29 is 18.7 Å². The first-order chi connectivity index (χ1) is 16.0. The fraction of sp³-hybridized carbons (Fsp3) is 0.364. The standard InChI is InChI=1S/C22H23FN4O4S2/c1-31-11-10-27-21(30)18-15-4-2-3-5-16(15)33-20(18)24-22(27)32-12-17(28)25-26-19(29)13-6-8-14(23)9-7-13/h6-9H,2-5,10-12H2,1H3,(H,25,28)(H,26,29). The Balaban J connectivity index is 1.47. The molecule has 0 fully saturated rings. The summed E-state index contributed by atoms with van der Waals surface area (Å²) in [6.07, 6.45) is 4.03. The summed E-state index contributed by atoms with van der Waals surface area (Å²) < 4.78 is 19.7. The first-order valence-electron chi connectivity index (χ1n) is 10.5. The summed E-state index contributed by atoms with van der Waals surface area (Å²) in [4.78, 5) is 44.3. The number of nitrogens with one attached hydrogen (secondary N) is 2. The number of nitrogens with zero attached hydrogens (tertiary/aromatic N) is 2. The van der Waals surface area contributed by atoms with Gasteiger partial charge in [0.25, 0.3) is 11.5 Å². The van der Waals surface area contributed by atoms with Gasteiger partial charge in [0, 0.05) is 17.6 Å². The molecule has 174 valence electrons. The highest BCUT2D eigenvalue weighted by molar-refractivity contribution is 7.99. The molecule has 2 aromatic heterocycles. The molecule has 1 aromatic carbocycles. The van der Waals surface area contributed by atoms with E-state index in [1.165, 1.54) is 17.0 Å². The minimum Gasteiger partial charge on any atom is -0.383 e. The zero-order valence-corrected chi connectivity index (χ0v) is 19.6. The van der Waals surface area contributed by atoms with E-state index in [0.29, 0.717) is 28.5 Å². The molecule has 2 N–H and O–H groups in total. The topological polar surface area (TPSA) is 102 Å². The molecule has 3 aromatic rings. The maximum Gasteiger partial charge on any atom is 0.269 e. The molecule has 0 saturated heterocycles. The monoisotopic (exact) mass is 490 g/mol. The van der Waals surface area contributed by atoms with Crippen molar-refractivity contribution in [2.24, 2.45) is 0 Å². The van der Waals surface area contributed by atoms with Gasteiger partial charge in [0.1, 0.15) is 10.6 Å². The Morgan fingerprint density at radius 2 is 1.97 bits per heavy atom. The lowest BCUT2D eigenvalue weighted by Gasteiger charge is -2.13. The summed E-state index contributed by atoms with van der Waals surface area (Å²) in [6, 6.07) is 4.96. The number of halogens is 1. The predicted octanol–water partition coefficient (Wildman–Crippen LogP) is 2.68. The molecule has 1 aliphatic rings. The van der Waals surface area contributed by atoms with Gasteiger partial charge in [-0.25, -0.2) is 9.37 Å². The van der Waals surface area contributed by atoms with E-state index in [1.54, 1.807) is 23.0 Å². The minimum atomic E-state index is -0.561. The summed E-state index contributed by atoms with van der Waals surface area (Å²) in [5, 5.41) is 1.12. The van der Waals surface area contributed by atoms with Gasteiger partial charge in [0.15, 0.2) is 5.16 Å². The van der Waals surface area contributed by atoms with E-state index in [9.17, 15) is 18.8 Å². The maximum atomic E-state index is 13.3. The van der Waals surface area contributed by atoms with Gasteiger partial charge >= 0.3 is 0 Å². The molecule has 0 atom stereocenters. The van der Waals surface area contributed by atoms with Gasteiger partial charge in [-0.15, -0.1) is 11.3 Å². The van der Waals surface area contributed by atoms with Gasteiger partial charge in [-0.3, -0.25) is 29.8 Å². The third kappa shape index (κ3) is 5.26. The van der Waals surface area contributed by atoms with Gasteiger partial charge in [-0.1, -0.05) is 11.8 Å². The Kier molecular flexibility index (Phi) is 7.41. The van der Waals surface area contributed by atoms with Crippen molar-refractivity contribution in [3.05, 3.63) is 56.4 Å². The van der Waals surface area contributed by atoms with Gasteiger partial charge in [0.05, 0.1) is 24.3 Å². The third-order valence-corrected chi connectivity index (χ3v) is 7.48. The van der Waals surface area contributed by atoms with E-state index in [1.807, 2.05) is 0 Å². The molecule has 2 heterocycles. The summed E-state index contributed by atoms with van der Waals surface area (Å²) in [6.45, 7) is 0.668. The van der Waals surface area contributed by atoms with Crippen molar-refractivity contribution in [1.82, 2.24) is 20.4 Å². The number of aromatic nitrogens is 2. The molecule has 33 heavy (non-hydrogen) atoms. The molecule has 0 saturated carbocycles. The summed E-state index contributed by atoms with van der Waals surface area (Å²) in [7, 11) is 1.56. The van der Waals surface area contributed by atoms with Crippen LogP contribution >= 0.6 is 23.1 Å². The molecule has 1 aliphatic carbocycles. The molecule has 8 nitrogen and oxygen atoms in total. The van der Waals surface area contributed by atoms with Gasteiger partial charge < -0.3 is 4.74 Å². The molecular formula is C22H23FN4O4S2. The number of hydrogen-bond acceptors (Lipinski definition) is 7. The van der Waals surface area contributed by atoms with Crippen LogP contribution in [0.2, 0.25) is 0 Å². The number of benzene rings is 1. The number of methoxy groups -OCH3 is 1. The lowest BCUT2D eigenvalue weighted by Crippen LogP contribution is -2.42. The third-order valence-electron chi connectivity index (χ3n) is 5.31. The van der Waals surface area contributed by atoms with Crippen LogP contribution in [0.15, 0.2) is 34.2 Å². The van der Waals surface area contributed by atoms with Crippen molar-refractivity contribution in [2.75, 3.05) is 19.5 Å². The second-order valence-electron chi connectivity index (χ2n) is 7.53. The molecule has 0 unspecified atom stereocenters. The first kappa shape index (κ1) is 23.4. The van der Waals surface area contributed by atoms with Crippen LogP contribution in [0, 0.1) is 5.82 Å². The number of aryl methyl sites for hydroxylation is 2. The van der Waals surface area contributed by atoms with Crippen LogP contribution in [0.25, 0.3) is 10.2 Å². The smallest absolute Gasteiger partial charge is 0.269 e. The van der Waals surface area contributed by atoms with Crippen molar-refractivity contribution in [2.45, 2.75) is 37.4 Å². The number of fused-ring (bicyclic) bond motifs is 3. The average molecular weight is 491 g/mol. The number of thioether (sulfide) groups is 1. The van der Waals surface area contributed by atoms with E-state index >= 15 is 0 Å². The Labute approximate surface area is 197 Å². The molecule has 2 amide bonds. The number of rotatable bonds is 7. The quantitative estimate of drug-likeness (QED) is 0.300. The summed E-state index contributed by atoms with van der Waals surface area (Å²) in [5.41, 5.74) is 5.85. The SMILES string of the molecule is COCCn1c(SCC(=O)NNC(=O)c2ccc(F)cc2)nc2sc3c(c2c1=O)CCCC3. The van der Waals surface area contributed by atoms with E-state index in [2.05, 4.69) is 10.9 Å². The number of amides is 2. The zero-order valence-electron chi connectivity index (χ0n) is 18.0. The fourth-order valence-corrected chi connectivity index (χ4v) is 5.80. The van der Waals surface area contributed by atoms with Crippen LogP contribution in [-0.2, 0) is 28.9 Å². The normalized spacial score (nSPS) is 13.0. The van der Waals surface area contributed by atoms with Crippen molar-refractivity contribution >= 4 is 45.1 Å². The Morgan fingerprint density at radius 3 is 2.73 bits per heavy atom. The Morgan fingerprint density at radius 1 is 1.21 bits per heavy atom. The first-order valence-corrected chi connectivity index (χ1v) is 12.3. The highest BCUT2D eigenvalue weighted by atomic mass is 32.2. The molecule has 0 bridgehead atoms. The van der Waals surface area contributed by atoms with E-state index in [0.717, 1.165) is 55.1 Å².